The minimum Gasteiger partial charge on any atom is -0.457 e. The summed E-state index contributed by atoms with van der Waals surface area (Å²) in [5, 5.41) is 4.47. The van der Waals surface area contributed by atoms with Crippen molar-refractivity contribution in [3.63, 3.8) is 0 Å². The van der Waals surface area contributed by atoms with Gasteiger partial charge in [0.25, 0.3) is 5.91 Å². The van der Waals surface area contributed by atoms with Gasteiger partial charge in [0.1, 0.15) is 11.5 Å². The van der Waals surface area contributed by atoms with Gasteiger partial charge in [-0.3, -0.25) is 4.79 Å². The first kappa shape index (κ1) is 16.7. The smallest absolute Gasteiger partial charge is 0.271 e. The molecule has 0 saturated heterocycles. The maximum absolute atomic E-state index is 12.0. The van der Waals surface area contributed by atoms with E-state index in [9.17, 15) is 4.79 Å². The van der Waals surface area contributed by atoms with Gasteiger partial charge in [0.2, 0.25) is 0 Å². The summed E-state index contributed by atoms with van der Waals surface area (Å²) in [6.07, 6.45) is 1.56. The third kappa shape index (κ3) is 4.93. The normalized spacial score (nSPS) is 10.6. The molecule has 25 heavy (non-hydrogen) atoms. The van der Waals surface area contributed by atoms with Crippen LogP contribution in [0.5, 0.6) is 11.5 Å². The first-order valence-electron chi connectivity index (χ1n) is 7.63. The van der Waals surface area contributed by atoms with Crippen LogP contribution in [0, 0.1) is 0 Å². The number of hydrogen-bond acceptors (Lipinski definition) is 3. The van der Waals surface area contributed by atoms with Crippen LogP contribution < -0.4 is 10.2 Å². The first-order valence-corrected chi connectivity index (χ1v) is 8.00. The number of hydrogen-bond donors (Lipinski definition) is 1. The van der Waals surface area contributed by atoms with E-state index >= 15 is 0 Å². The Kier molecular flexibility index (Phi) is 5.44. The summed E-state index contributed by atoms with van der Waals surface area (Å²) in [7, 11) is 0. The predicted molar refractivity (Wildman–Crippen MR) is 99.5 cm³/mol. The molecule has 124 valence electrons. The van der Waals surface area contributed by atoms with E-state index in [0.29, 0.717) is 16.3 Å². The molecule has 0 unspecified atom stereocenters. The van der Waals surface area contributed by atoms with Crippen LogP contribution in [0.1, 0.15) is 15.9 Å². The molecule has 0 saturated carbocycles. The zero-order chi connectivity index (χ0) is 17.5. The predicted octanol–water partition coefficient (Wildman–Crippen LogP) is 4.90. The molecule has 0 aliphatic rings. The monoisotopic (exact) mass is 350 g/mol. The van der Waals surface area contributed by atoms with E-state index in [1.54, 1.807) is 30.5 Å². The van der Waals surface area contributed by atoms with Crippen molar-refractivity contribution in [1.82, 2.24) is 5.43 Å². The molecule has 3 rings (SSSR count). The minimum atomic E-state index is -0.324. The lowest BCUT2D eigenvalue weighted by atomic mass is 10.2. The van der Waals surface area contributed by atoms with Crippen LogP contribution >= 0.6 is 11.6 Å². The fraction of sp³-hybridized carbons (Fsp3) is 0. The molecule has 0 atom stereocenters. The van der Waals surface area contributed by atoms with Gasteiger partial charge in [-0.25, -0.2) is 5.43 Å². The van der Waals surface area contributed by atoms with E-state index in [2.05, 4.69) is 10.5 Å². The lowest BCUT2D eigenvalue weighted by Gasteiger charge is -2.05. The second kappa shape index (κ2) is 8.13. The number of nitrogens with zero attached hydrogens (tertiary/aromatic N) is 1. The Bertz CT molecular complexity index is 895. The molecule has 0 aliphatic carbocycles. The average Bonchev–Trinajstić information content (AvgIpc) is 2.63. The van der Waals surface area contributed by atoms with Gasteiger partial charge < -0.3 is 4.74 Å². The number of nitrogens with one attached hydrogen (secondary N) is 1. The van der Waals surface area contributed by atoms with Gasteiger partial charge in [-0.05, 0) is 48.0 Å². The van der Waals surface area contributed by atoms with Crippen molar-refractivity contribution >= 4 is 23.7 Å². The maximum Gasteiger partial charge on any atom is 0.271 e. The number of rotatable bonds is 5. The SMILES string of the molecule is O=C(N/N=C\c1cccc(Oc2ccccc2)c1)c1cccc(Cl)c1. The quantitative estimate of drug-likeness (QED) is 0.525. The van der Waals surface area contributed by atoms with Crippen molar-refractivity contribution < 1.29 is 9.53 Å². The lowest BCUT2D eigenvalue weighted by molar-refractivity contribution is 0.0955. The summed E-state index contributed by atoms with van der Waals surface area (Å²) in [4.78, 5) is 12.0. The molecule has 0 spiro atoms. The second-order valence-corrected chi connectivity index (χ2v) is 5.63. The number of benzene rings is 3. The molecule has 0 aliphatic heterocycles. The molecular formula is C20H15ClN2O2. The van der Waals surface area contributed by atoms with Crippen molar-refractivity contribution in [2.24, 2.45) is 5.10 Å². The van der Waals surface area contributed by atoms with Crippen LogP contribution in [0.2, 0.25) is 5.02 Å². The molecule has 1 N–H and O–H groups in total. The number of ether oxygens (including phenoxy) is 1. The summed E-state index contributed by atoms with van der Waals surface area (Å²) < 4.78 is 5.77. The Balaban J connectivity index is 1.63. The number of amides is 1. The molecular weight excluding hydrogens is 336 g/mol. The van der Waals surface area contributed by atoms with Crippen molar-refractivity contribution in [2.45, 2.75) is 0 Å². The van der Waals surface area contributed by atoms with E-state index in [1.165, 1.54) is 0 Å². The average molecular weight is 351 g/mol. The molecule has 3 aromatic carbocycles. The van der Waals surface area contributed by atoms with Crippen molar-refractivity contribution in [3.05, 3.63) is 95.0 Å². The van der Waals surface area contributed by atoms with Gasteiger partial charge in [0.15, 0.2) is 0 Å². The number of para-hydroxylation sites is 1. The molecule has 0 radical (unpaired) electrons. The van der Waals surface area contributed by atoms with Crippen LogP contribution in [0.25, 0.3) is 0 Å². The number of carbonyl (C=O) groups is 1. The highest BCUT2D eigenvalue weighted by atomic mass is 35.5. The molecule has 0 heterocycles. The van der Waals surface area contributed by atoms with Gasteiger partial charge in [-0.1, -0.05) is 48.0 Å². The molecule has 4 nitrogen and oxygen atoms in total. The van der Waals surface area contributed by atoms with Gasteiger partial charge >= 0.3 is 0 Å². The third-order valence-corrected chi connectivity index (χ3v) is 3.54. The zero-order valence-electron chi connectivity index (χ0n) is 13.2. The molecule has 0 aromatic heterocycles. The molecule has 1 amide bonds. The molecule has 0 bridgehead atoms. The van der Waals surface area contributed by atoms with E-state index in [1.807, 2.05) is 54.6 Å². The van der Waals surface area contributed by atoms with E-state index < -0.39 is 0 Å². The van der Waals surface area contributed by atoms with Crippen LogP contribution in [0.4, 0.5) is 0 Å². The molecule has 5 heteroatoms. The van der Waals surface area contributed by atoms with Crippen molar-refractivity contribution in [1.29, 1.82) is 0 Å². The topological polar surface area (TPSA) is 50.7 Å². The lowest BCUT2D eigenvalue weighted by Crippen LogP contribution is -2.17. The highest BCUT2D eigenvalue weighted by Gasteiger charge is 2.04. The van der Waals surface area contributed by atoms with E-state index in [4.69, 9.17) is 16.3 Å². The van der Waals surface area contributed by atoms with E-state index in [0.717, 1.165) is 11.3 Å². The fourth-order valence-corrected chi connectivity index (χ4v) is 2.33. The second-order valence-electron chi connectivity index (χ2n) is 5.20. The Morgan fingerprint density at radius 3 is 2.48 bits per heavy atom. The summed E-state index contributed by atoms with van der Waals surface area (Å²) in [5.41, 5.74) is 3.73. The number of carbonyl (C=O) groups excluding carboxylic acids is 1. The maximum atomic E-state index is 12.0. The Morgan fingerprint density at radius 2 is 1.68 bits per heavy atom. The van der Waals surface area contributed by atoms with Crippen molar-refractivity contribution in [3.8, 4) is 11.5 Å². The van der Waals surface area contributed by atoms with E-state index in [-0.39, 0.29) is 5.91 Å². The standard InChI is InChI=1S/C20H15ClN2O2/c21-17-8-5-7-16(13-17)20(24)23-22-14-15-6-4-11-19(12-15)25-18-9-2-1-3-10-18/h1-14H,(H,23,24)/b22-14-. The summed E-state index contributed by atoms with van der Waals surface area (Å²) in [6, 6.07) is 23.6. The van der Waals surface area contributed by atoms with Gasteiger partial charge in [-0.2, -0.15) is 5.10 Å². The number of halogens is 1. The van der Waals surface area contributed by atoms with Crippen molar-refractivity contribution in [2.75, 3.05) is 0 Å². The Morgan fingerprint density at radius 1 is 0.920 bits per heavy atom. The van der Waals surface area contributed by atoms with Gasteiger partial charge in [0, 0.05) is 10.6 Å². The van der Waals surface area contributed by atoms with Gasteiger partial charge in [-0.15, -0.1) is 0 Å². The highest BCUT2D eigenvalue weighted by Crippen LogP contribution is 2.21. The van der Waals surface area contributed by atoms with Crippen LogP contribution in [0.15, 0.2) is 84.0 Å². The Hall–Kier alpha value is -3.11. The first-order chi connectivity index (χ1) is 12.2. The summed E-state index contributed by atoms with van der Waals surface area (Å²) >= 11 is 5.87. The summed E-state index contributed by atoms with van der Waals surface area (Å²) in [6.45, 7) is 0. The summed E-state index contributed by atoms with van der Waals surface area (Å²) in [5.74, 6) is 1.12. The highest BCUT2D eigenvalue weighted by molar-refractivity contribution is 6.30. The Labute approximate surface area is 150 Å². The van der Waals surface area contributed by atoms with Crippen LogP contribution in [-0.4, -0.2) is 12.1 Å². The molecule has 0 fully saturated rings. The third-order valence-electron chi connectivity index (χ3n) is 3.30. The largest absolute Gasteiger partial charge is 0.457 e. The molecule has 3 aromatic rings. The number of hydrazone groups is 1. The van der Waals surface area contributed by atoms with Crippen LogP contribution in [0.3, 0.4) is 0 Å². The van der Waals surface area contributed by atoms with Gasteiger partial charge in [0.05, 0.1) is 6.21 Å². The minimum absolute atomic E-state index is 0.324. The van der Waals surface area contributed by atoms with Crippen LogP contribution in [-0.2, 0) is 0 Å². The fourth-order valence-electron chi connectivity index (χ4n) is 2.14. The zero-order valence-corrected chi connectivity index (χ0v) is 14.0.